The fourth-order valence-electron chi connectivity index (χ4n) is 2.79. The van der Waals surface area contributed by atoms with Gasteiger partial charge in [0.25, 0.3) is 0 Å². The summed E-state index contributed by atoms with van der Waals surface area (Å²) in [4.78, 5) is 48.2. The number of amidine groups is 1. The lowest BCUT2D eigenvalue weighted by Crippen LogP contribution is -2.29. The van der Waals surface area contributed by atoms with Crippen LogP contribution in [-0.2, 0) is 33.4 Å². The third-order valence-corrected chi connectivity index (χ3v) is 5.23. The molecule has 0 aromatic heterocycles. The second-order valence-corrected chi connectivity index (χ2v) is 8.17. The fourth-order valence-corrected chi connectivity index (χ4v) is 2.79. The second-order valence-electron chi connectivity index (χ2n) is 8.17. The van der Waals surface area contributed by atoms with Gasteiger partial charge in [-0.2, -0.15) is 0 Å². The number of allylic oxidation sites excluding steroid dienone is 1. The summed E-state index contributed by atoms with van der Waals surface area (Å²) in [6.45, 7) is 19.7. The van der Waals surface area contributed by atoms with Gasteiger partial charge in [0.2, 0.25) is 0 Å². The van der Waals surface area contributed by atoms with E-state index in [4.69, 9.17) is 29.0 Å². The normalized spacial score (nSPS) is 14.5. The summed E-state index contributed by atoms with van der Waals surface area (Å²) >= 11 is 0. The first-order valence-electron chi connectivity index (χ1n) is 15.0. The number of aldehydes is 2. The number of hydroxylamine groups is 1. The van der Waals surface area contributed by atoms with E-state index < -0.39 is 6.16 Å². The largest absolute Gasteiger partial charge is 0.505 e. The summed E-state index contributed by atoms with van der Waals surface area (Å²) in [5.41, 5.74) is 2.53. The van der Waals surface area contributed by atoms with Gasteiger partial charge in [-0.1, -0.05) is 54.4 Å². The highest BCUT2D eigenvalue weighted by molar-refractivity contribution is 6.05. The highest BCUT2D eigenvalue weighted by Gasteiger charge is 2.20. The van der Waals surface area contributed by atoms with E-state index in [2.05, 4.69) is 30.0 Å². The smallest absolute Gasteiger partial charge is 0.450 e. The summed E-state index contributed by atoms with van der Waals surface area (Å²) in [7, 11) is 8.95. The molecule has 43 heavy (non-hydrogen) atoms. The summed E-state index contributed by atoms with van der Waals surface area (Å²) in [5.74, 6) is 0.573. The highest BCUT2D eigenvalue weighted by Crippen LogP contribution is 2.18. The topological polar surface area (TPSA) is 150 Å². The molecule has 12 heteroatoms. The molecule has 2 N–H and O–H groups in total. The fraction of sp³-hybridized carbons (Fsp3) is 0.774. The van der Waals surface area contributed by atoms with Crippen molar-refractivity contribution in [3.05, 3.63) is 12.2 Å². The molecule has 1 rings (SSSR count). The number of nitrogens with zero attached hydrogens (tertiary/aromatic N) is 1. The Morgan fingerprint density at radius 3 is 1.72 bits per heavy atom. The van der Waals surface area contributed by atoms with E-state index in [9.17, 15) is 9.59 Å². The molecular formula is C31H63BN2O9. The van der Waals surface area contributed by atoms with Gasteiger partial charge in [-0.3, -0.25) is 4.99 Å². The maximum Gasteiger partial charge on any atom is 0.505 e. The Morgan fingerprint density at radius 2 is 1.49 bits per heavy atom. The average Bonchev–Trinajstić information content (AvgIpc) is 3.44. The minimum absolute atomic E-state index is 0.0405. The van der Waals surface area contributed by atoms with Crippen LogP contribution in [0.4, 0.5) is 4.79 Å². The minimum atomic E-state index is -1.25. The van der Waals surface area contributed by atoms with Crippen LogP contribution < -0.4 is 5.48 Å². The summed E-state index contributed by atoms with van der Waals surface area (Å²) in [6.07, 6.45) is 10.8. The Hall–Kier alpha value is -2.73. The van der Waals surface area contributed by atoms with Gasteiger partial charge in [-0.25, -0.2) is 15.1 Å². The van der Waals surface area contributed by atoms with Crippen LogP contribution in [0, 0.1) is 11.8 Å². The zero-order valence-electron chi connectivity index (χ0n) is 29.3. The van der Waals surface area contributed by atoms with Crippen LogP contribution in [0.3, 0.4) is 0 Å². The highest BCUT2D eigenvalue weighted by atomic mass is 16.7. The Morgan fingerprint density at radius 1 is 1.02 bits per heavy atom. The van der Waals surface area contributed by atoms with Crippen molar-refractivity contribution in [2.45, 2.75) is 120 Å². The molecule has 0 spiro atoms. The molecule has 0 unspecified atom stereocenters. The zero-order chi connectivity index (χ0) is 35.1. The van der Waals surface area contributed by atoms with Crippen molar-refractivity contribution < 1.29 is 43.3 Å². The third kappa shape index (κ3) is 43.9. The number of methoxy groups -OCH3 is 2. The predicted molar refractivity (Wildman–Crippen MR) is 177 cm³/mol. The van der Waals surface area contributed by atoms with Gasteiger partial charge >= 0.3 is 12.1 Å². The van der Waals surface area contributed by atoms with E-state index in [1.165, 1.54) is 20.2 Å². The van der Waals surface area contributed by atoms with Gasteiger partial charge in [-0.15, -0.1) is 0 Å². The average molecular weight is 619 g/mol. The van der Waals surface area contributed by atoms with Gasteiger partial charge in [0.15, 0.2) is 5.84 Å². The number of hydrogen-bond acceptors (Lipinski definition) is 9. The maximum absolute atomic E-state index is 11.5. The number of ether oxygens (including phenoxy) is 3. The van der Waals surface area contributed by atoms with Crippen LogP contribution in [0.15, 0.2) is 17.1 Å². The van der Waals surface area contributed by atoms with Crippen molar-refractivity contribution >= 4 is 38.4 Å². The monoisotopic (exact) mass is 618 g/mol. The van der Waals surface area contributed by atoms with Crippen molar-refractivity contribution in [3.8, 4) is 0 Å². The minimum Gasteiger partial charge on any atom is -0.450 e. The van der Waals surface area contributed by atoms with Gasteiger partial charge in [0.05, 0.1) is 39.7 Å². The Balaban J connectivity index is -0.000000105. The molecule has 1 saturated heterocycles. The summed E-state index contributed by atoms with van der Waals surface area (Å²) in [5, 5.41) is 7.50. The Bertz CT molecular complexity index is 653. The molecule has 0 aromatic rings. The molecule has 1 fully saturated rings. The number of nitrogens with one attached hydrogen (secondary N) is 1. The molecule has 1 aliphatic heterocycles. The summed E-state index contributed by atoms with van der Waals surface area (Å²) < 4.78 is 14.1. The molecule has 2 radical (unpaired) electrons. The lowest BCUT2D eigenvalue weighted by Gasteiger charge is -2.11. The lowest BCUT2D eigenvalue weighted by molar-refractivity contribution is -0.153. The first-order chi connectivity index (χ1) is 20.5. The SMILES string of the molecule is C/C=C\C(=NC)NOC(=O)C(CC)CC.CC.CC=O.CCC(C=O)CC.COC(=O)O.COC[C@@H]1CC[C@H](C)O1.[B]C. The van der Waals surface area contributed by atoms with Crippen LogP contribution in [-0.4, -0.2) is 83.6 Å². The number of aliphatic imine (C=N–C) groups is 1. The Kier molecular flexibility index (Phi) is 56.9. The van der Waals surface area contributed by atoms with Crippen molar-refractivity contribution in [2.75, 3.05) is 27.9 Å². The van der Waals surface area contributed by atoms with Crippen LogP contribution in [0.2, 0.25) is 6.82 Å². The van der Waals surface area contributed by atoms with E-state index >= 15 is 0 Å². The number of carbonyl (C=O) groups is 4. The molecule has 0 aliphatic carbocycles. The molecule has 1 heterocycles. The molecule has 0 bridgehead atoms. The molecule has 0 aromatic carbocycles. The van der Waals surface area contributed by atoms with Crippen molar-refractivity contribution in [3.63, 3.8) is 0 Å². The number of carbonyl (C=O) groups excluding carboxylic acids is 3. The van der Waals surface area contributed by atoms with E-state index in [0.29, 0.717) is 24.0 Å². The summed E-state index contributed by atoms with van der Waals surface area (Å²) in [6, 6.07) is 0. The van der Waals surface area contributed by atoms with Gasteiger partial charge in [-0.05, 0) is 65.4 Å². The first kappa shape index (κ1) is 52.9. The van der Waals surface area contributed by atoms with Gasteiger partial charge in [0.1, 0.15) is 12.6 Å². The van der Waals surface area contributed by atoms with Crippen LogP contribution in [0.1, 0.15) is 101 Å². The quantitative estimate of drug-likeness (QED) is 0.0719. The van der Waals surface area contributed by atoms with Crippen molar-refractivity contribution in [1.29, 1.82) is 0 Å². The maximum atomic E-state index is 11.5. The van der Waals surface area contributed by atoms with Crippen molar-refractivity contribution in [2.24, 2.45) is 16.8 Å². The zero-order valence-corrected chi connectivity index (χ0v) is 29.3. The molecular weight excluding hydrogens is 555 g/mol. The van der Waals surface area contributed by atoms with Crippen LogP contribution in [0.5, 0.6) is 0 Å². The molecule has 254 valence electrons. The van der Waals surface area contributed by atoms with Gasteiger partial charge in [0, 0.05) is 20.1 Å². The van der Waals surface area contributed by atoms with E-state index in [1.54, 1.807) is 20.2 Å². The van der Waals surface area contributed by atoms with E-state index in [0.717, 1.165) is 58.4 Å². The first-order valence-corrected chi connectivity index (χ1v) is 15.0. The Labute approximate surface area is 263 Å². The number of rotatable bonds is 9. The van der Waals surface area contributed by atoms with E-state index in [1.807, 2.05) is 54.5 Å². The van der Waals surface area contributed by atoms with E-state index in [-0.39, 0.29) is 11.9 Å². The second kappa shape index (κ2) is 46.2. The predicted octanol–water partition coefficient (Wildman–Crippen LogP) is 6.64. The van der Waals surface area contributed by atoms with Crippen molar-refractivity contribution in [1.82, 2.24) is 5.48 Å². The molecule has 11 nitrogen and oxygen atoms in total. The molecule has 0 saturated carbocycles. The number of hydrogen-bond donors (Lipinski definition) is 2. The van der Waals surface area contributed by atoms with Gasteiger partial charge < -0.3 is 33.7 Å². The standard InChI is InChI=1S/C11H20N2O2.C7H14O2.C6H12O.C2H4O3.C2H4O.C2H6.CH3B/c1-5-8-10(12-4)13-15-11(14)9(6-2)7-3;1-6-3-4-7(9-6)5-8-2;1-3-6(4-2)5-7;1-5-2(3)4;1-2-3;2*1-2/h5,8-9H,6-7H2,1-4H3,(H,12,13);6-7H,3-5H2,1-2H3;5-6H,3-4H2,1-2H3;1H3,(H,3,4);2H,1H3;1-2H3;1H3/b8-5-;;;;;;/t;6-,7-;;;;;/m.0...../s1. The molecule has 0 amide bonds. The molecule has 2 atom stereocenters. The molecule has 1 aliphatic rings. The number of carboxylic acid groups (broad SMARTS) is 1. The third-order valence-electron chi connectivity index (χ3n) is 5.23. The lowest BCUT2D eigenvalue weighted by atomic mass is 10.0. The van der Waals surface area contributed by atoms with Crippen LogP contribution in [0.25, 0.3) is 0 Å². The van der Waals surface area contributed by atoms with Crippen LogP contribution >= 0.6 is 0 Å².